The molecular weight excluding hydrogens is 431 g/mol. The predicted octanol–water partition coefficient (Wildman–Crippen LogP) is 6.51. The number of nitrogens with zero attached hydrogens (tertiary/aromatic N) is 1. The molecule has 0 radical (unpaired) electrons. The Morgan fingerprint density at radius 3 is 2.44 bits per heavy atom. The summed E-state index contributed by atoms with van der Waals surface area (Å²) in [6.45, 7) is 1.38. The molecule has 34 heavy (non-hydrogen) atoms. The quantitative estimate of drug-likeness (QED) is 0.325. The number of halogens is 1. The Labute approximate surface area is 195 Å². The minimum absolute atomic E-state index is 0.249. The fourth-order valence-corrected chi connectivity index (χ4v) is 5.16. The van der Waals surface area contributed by atoms with Crippen LogP contribution in [-0.4, -0.2) is 33.8 Å². The summed E-state index contributed by atoms with van der Waals surface area (Å²) < 4.78 is 21.7. The van der Waals surface area contributed by atoms with Crippen molar-refractivity contribution in [3.8, 4) is 16.8 Å². The normalized spacial score (nSPS) is 14.7. The first kappa shape index (κ1) is 20.7. The minimum atomic E-state index is -0.946. The SMILES string of the molecule is O=C(O)c1ccc(-c2c(C3CCOCC3)n(-c3ccc(F)cc3)c3cc4cc[nH]c4cc23)cc1. The Morgan fingerprint density at radius 1 is 1.00 bits per heavy atom. The van der Waals surface area contributed by atoms with Crippen molar-refractivity contribution in [3.05, 3.63) is 90.0 Å². The molecule has 0 saturated carbocycles. The molecule has 5 aromatic rings. The number of carboxylic acids is 1. The summed E-state index contributed by atoms with van der Waals surface area (Å²) in [5.74, 6) is -0.970. The second-order valence-electron chi connectivity index (χ2n) is 8.78. The molecule has 1 fully saturated rings. The number of benzene rings is 3. The van der Waals surface area contributed by atoms with Crippen LogP contribution in [0.25, 0.3) is 38.6 Å². The molecular formula is C28H23FN2O3. The highest BCUT2D eigenvalue weighted by atomic mass is 19.1. The van der Waals surface area contributed by atoms with Crippen LogP contribution in [0.3, 0.4) is 0 Å². The molecule has 0 spiro atoms. The molecule has 3 heterocycles. The topological polar surface area (TPSA) is 67.2 Å². The van der Waals surface area contributed by atoms with Gasteiger partial charge in [0, 0.05) is 58.6 Å². The van der Waals surface area contributed by atoms with Gasteiger partial charge in [-0.05, 0) is 73.0 Å². The zero-order valence-corrected chi connectivity index (χ0v) is 18.4. The van der Waals surface area contributed by atoms with E-state index >= 15 is 0 Å². The molecule has 2 aromatic heterocycles. The van der Waals surface area contributed by atoms with E-state index in [1.807, 2.05) is 36.5 Å². The lowest BCUT2D eigenvalue weighted by Crippen LogP contribution is -2.17. The van der Waals surface area contributed by atoms with E-state index in [1.165, 1.54) is 12.1 Å². The highest BCUT2D eigenvalue weighted by Gasteiger charge is 2.28. The van der Waals surface area contributed by atoms with Gasteiger partial charge in [-0.25, -0.2) is 9.18 Å². The number of H-pyrrole nitrogens is 1. The first-order valence-electron chi connectivity index (χ1n) is 11.4. The summed E-state index contributed by atoms with van der Waals surface area (Å²) >= 11 is 0. The number of fused-ring (bicyclic) bond motifs is 2. The highest BCUT2D eigenvalue weighted by Crippen LogP contribution is 2.44. The molecule has 170 valence electrons. The summed E-state index contributed by atoms with van der Waals surface area (Å²) in [6.07, 6.45) is 3.69. The van der Waals surface area contributed by atoms with E-state index in [2.05, 4.69) is 21.7 Å². The smallest absolute Gasteiger partial charge is 0.335 e. The van der Waals surface area contributed by atoms with E-state index in [1.54, 1.807) is 12.1 Å². The van der Waals surface area contributed by atoms with Crippen LogP contribution in [0.1, 0.15) is 34.8 Å². The molecule has 1 saturated heterocycles. The van der Waals surface area contributed by atoms with Crippen LogP contribution in [-0.2, 0) is 4.74 Å². The first-order chi connectivity index (χ1) is 16.6. The maximum atomic E-state index is 13.8. The standard InChI is InChI=1S/C28H23FN2O3/c29-21-5-7-22(8-6-21)31-25-15-20-9-12-30-24(20)16-23(25)26(27(31)18-10-13-34-14-11-18)17-1-3-19(4-2-17)28(32)33/h1-9,12,15-16,18,30H,10-11,13-14H2,(H,32,33). The van der Waals surface area contributed by atoms with Gasteiger partial charge in [0.1, 0.15) is 5.82 Å². The third-order valence-electron chi connectivity index (χ3n) is 6.79. The van der Waals surface area contributed by atoms with Crippen LogP contribution in [0.15, 0.2) is 72.9 Å². The minimum Gasteiger partial charge on any atom is -0.478 e. The van der Waals surface area contributed by atoms with Crippen molar-refractivity contribution in [1.29, 1.82) is 0 Å². The van der Waals surface area contributed by atoms with Gasteiger partial charge >= 0.3 is 5.97 Å². The van der Waals surface area contributed by atoms with Gasteiger partial charge in [-0.15, -0.1) is 0 Å². The van der Waals surface area contributed by atoms with Gasteiger partial charge in [-0.2, -0.15) is 0 Å². The molecule has 0 atom stereocenters. The van der Waals surface area contributed by atoms with E-state index < -0.39 is 5.97 Å². The molecule has 1 aliphatic rings. The number of aromatic nitrogens is 2. The summed E-state index contributed by atoms with van der Waals surface area (Å²) in [7, 11) is 0. The monoisotopic (exact) mass is 454 g/mol. The van der Waals surface area contributed by atoms with Crippen LogP contribution in [0, 0.1) is 5.82 Å². The van der Waals surface area contributed by atoms with E-state index in [0.717, 1.165) is 57.2 Å². The van der Waals surface area contributed by atoms with Crippen molar-refractivity contribution in [2.75, 3.05) is 13.2 Å². The molecule has 0 amide bonds. The van der Waals surface area contributed by atoms with E-state index in [9.17, 15) is 14.3 Å². The maximum Gasteiger partial charge on any atom is 0.335 e. The largest absolute Gasteiger partial charge is 0.478 e. The lowest BCUT2D eigenvalue weighted by atomic mass is 9.89. The van der Waals surface area contributed by atoms with Crippen LogP contribution in [0.5, 0.6) is 0 Å². The van der Waals surface area contributed by atoms with Crippen molar-refractivity contribution in [2.24, 2.45) is 0 Å². The van der Waals surface area contributed by atoms with Crippen molar-refractivity contribution in [1.82, 2.24) is 9.55 Å². The molecule has 3 aromatic carbocycles. The van der Waals surface area contributed by atoms with Gasteiger partial charge in [0.05, 0.1) is 11.1 Å². The van der Waals surface area contributed by atoms with Crippen molar-refractivity contribution < 1.29 is 19.0 Å². The van der Waals surface area contributed by atoms with Gasteiger partial charge in [0.15, 0.2) is 0 Å². The average molecular weight is 455 g/mol. The second-order valence-corrected chi connectivity index (χ2v) is 8.78. The Hall–Kier alpha value is -3.90. The van der Waals surface area contributed by atoms with Crippen LogP contribution in [0.2, 0.25) is 0 Å². The van der Waals surface area contributed by atoms with E-state index in [-0.39, 0.29) is 17.3 Å². The van der Waals surface area contributed by atoms with Crippen molar-refractivity contribution in [2.45, 2.75) is 18.8 Å². The van der Waals surface area contributed by atoms with Crippen LogP contribution in [0.4, 0.5) is 4.39 Å². The zero-order chi connectivity index (χ0) is 23.2. The number of rotatable bonds is 4. The van der Waals surface area contributed by atoms with Gasteiger partial charge in [0.25, 0.3) is 0 Å². The number of nitrogens with one attached hydrogen (secondary N) is 1. The lowest BCUT2D eigenvalue weighted by molar-refractivity contribution is 0.0697. The van der Waals surface area contributed by atoms with E-state index in [0.29, 0.717) is 13.2 Å². The van der Waals surface area contributed by atoms with Gasteiger partial charge in [0.2, 0.25) is 0 Å². The molecule has 6 heteroatoms. The molecule has 0 aliphatic carbocycles. The number of aromatic amines is 1. The number of hydrogen-bond acceptors (Lipinski definition) is 2. The summed E-state index contributed by atoms with van der Waals surface area (Å²) in [6, 6.07) is 20.1. The number of hydrogen-bond donors (Lipinski definition) is 2. The third-order valence-corrected chi connectivity index (χ3v) is 6.79. The van der Waals surface area contributed by atoms with Gasteiger partial charge in [-0.3, -0.25) is 0 Å². The summed E-state index contributed by atoms with van der Waals surface area (Å²) in [4.78, 5) is 14.8. The summed E-state index contributed by atoms with van der Waals surface area (Å²) in [5.41, 5.74) is 6.42. The molecule has 5 nitrogen and oxygen atoms in total. The zero-order valence-electron chi connectivity index (χ0n) is 18.4. The fraction of sp³-hybridized carbons (Fsp3) is 0.179. The second kappa shape index (κ2) is 8.15. The Morgan fingerprint density at radius 2 is 1.74 bits per heavy atom. The molecule has 0 bridgehead atoms. The molecule has 6 rings (SSSR count). The van der Waals surface area contributed by atoms with Crippen molar-refractivity contribution >= 4 is 27.8 Å². The number of aromatic carboxylic acids is 1. The Bertz CT molecular complexity index is 1510. The van der Waals surface area contributed by atoms with Gasteiger partial charge < -0.3 is 19.4 Å². The Balaban J connectivity index is 1.71. The molecule has 2 N–H and O–H groups in total. The summed E-state index contributed by atoms with van der Waals surface area (Å²) in [5, 5.41) is 11.6. The third kappa shape index (κ3) is 3.38. The van der Waals surface area contributed by atoms with Crippen molar-refractivity contribution in [3.63, 3.8) is 0 Å². The number of ether oxygens (including phenoxy) is 1. The number of carbonyl (C=O) groups is 1. The Kier molecular flexibility index (Phi) is 4.96. The predicted molar refractivity (Wildman–Crippen MR) is 130 cm³/mol. The maximum absolute atomic E-state index is 13.8. The van der Waals surface area contributed by atoms with Crippen LogP contribution >= 0.6 is 0 Å². The van der Waals surface area contributed by atoms with E-state index in [4.69, 9.17) is 4.74 Å². The van der Waals surface area contributed by atoms with Crippen LogP contribution < -0.4 is 0 Å². The van der Waals surface area contributed by atoms with Gasteiger partial charge in [-0.1, -0.05) is 12.1 Å². The highest BCUT2D eigenvalue weighted by molar-refractivity contribution is 6.06. The first-order valence-corrected chi connectivity index (χ1v) is 11.4. The molecule has 1 aliphatic heterocycles. The molecule has 0 unspecified atom stereocenters. The number of carboxylic acid groups (broad SMARTS) is 1. The fourth-order valence-electron chi connectivity index (χ4n) is 5.16. The average Bonchev–Trinajstić information content (AvgIpc) is 3.45. The lowest BCUT2D eigenvalue weighted by Gasteiger charge is -2.26.